The van der Waals surface area contributed by atoms with E-state index in [4.69, 9.17) is 0 Å². The Morgan fingerprint density at radius 2 is 1.95 bits per heavy atom. The maximum absolute atomic E-state index is 11.4. The molecule has 2 rings (SSSR count). The van der Waals surface area contributed by atoms with Crippen LogP contribution >= 0.6 is 15.9 Å². The highest BCUT2D eigenvalue weighted by molar-refractivity contribution is 9.10. The topological polar surface area (TPSA) is 88.4 Å². The van der Waals surface area contributed by atoms with Gasteiger partial charge in [-0.25, -0.2) is 0 Å². The van der Waals surface area contributed by atoms with Crippen LogP contribution in [0.25, 0.3) is 0 Å². The van der Waals surface area contributed by atoms with Crippen LogP contribution < -0.4 is 10.4 Å². The minimum absolute atomic E-state index is 0.0798. The Morgan fingerprint density at radius 3 is 2.52 bits per heavy atom. The second-order valence-electron chi connectivity index (χ2n) is 4.13. The quantitative estimate of drug-likeness (QED) is 0.676. The second-order valence-corrected chi connectivity index (χ2v) is 5.05. The molecule has 1 aromatic heterocycles. The van der Waals surface area contributed by atoms with Gasteiger partial charge in [-0.05, 0) is 18.2 Å². The fourth-order valence-corrected chi connectivity index (χ4v) is 2.19. The first-order valence-corrected chi connectivity index (χ1v) is 6.69. The summed E-state index contributed by atoms with van der Waals surface area (Å²) < 4.78 is 0.538. The first-order valence-electron chi connectivity index (χ1n) is 5.90. The Balaban J connectivity index is 2.51. The number of nitro benzene ring substituents is 1. The van der Waals surface area contributed by atoms with Crippen molar-refractivity contribution in [2.24, 2.45) is 0 Å². The maximum atomic E-state index is 11.4. The molecular weight excluding hydrogens is 340 g/mol. The molecule has 2 aromatic rings. The van der Waals surface area contributed by atoms with Crippen LogP contribution in [0.15, 0.2) is 47.2 Å². The van der Waals surface area contributed by atoms with Gasteiger partial charge >= 0.3 is 0 Å². The van der Waals surface area contributed by atoms with E-state index in [1.165, 1.54) is 24.1 Å². The number of nitrogens with one attached hydrogen (secondary N) is 1. The summed E-state index contributed by atoms with van der Waals surface area (Å²) in [5.41, 5.74) is 3.64. The lowest BCUT2D eigenvalue weighted by Gasteiger charge is -2.24. The molecular formula is C13H11BrN4O3. The lowest BCUT2D eigenvalue weighted by atomic mass is 10.2. The number of rotatable bonds is 4. The van der Waals surface area contributed by atoms with Crippen molar-refractivity contribution >= 4 is 38.9 Å². The van der Waals surface area contributed by atoms with E-state index in [9.17, 15) is 14.9 Å². The summed E-state index contributed by atoms with van der Waals surface area (Å²) in [5, 5.41) is 12.4. The molecule has 1 aromatic carbocycles. The van der Waals surface area contributed by atoms with Gasteiger partial charge in [-0.15, -0.1) is 0 Å². The molecule has 0 radical (unpaired) electrons. The zero-order valence-corrected chi connectivity index (χ0v) is 12.6. The van der Waals surface area contributed by atoms with E-state index in [0.29, 0.717) is 15.8 Å². The fourth-order valence-electron chi connectivity index (χ4n) is 1.72. The number of hydrazine groups is 1. The molecule has 0 spiro atoms. The van der Waals surface area contributed by atoms with Crippen LogP contribution in [0.1, 0.15) is 6.92 Å². The summed E-state index contributed by atoms with van der Waals surface area (Å²) in [6, 6.07) is 7.80. The van der Waals surface area contributed by atoms with Crippen LogP contribution in [0.5, 0.6) is 0 Å². The van der Waals surface area contributed by atoms with E-state index in [-0.39, 0.29) is 11.6 Å². The van der Waals surface area contributed by atoms with Gasteiger partial charge in [0.05, 0.1) is 16.3 Å². The first kappa shape index (κ1) is 14.9. The molecule has 1 heterocycles. The Kier molecular flexibility index (Phi) is 4.49. The summed E-state index contributed by atoms with van der Waals surface area (Å²) in [6.07, 6.45) is 3.13. The minimum atomic E-state index is -0.493. The van der Waals surface area contributed by atoms with Crippen molar-refractivity contribution in [1.29, 1.82) is 0 Å². The van der Waals surface area contributed by atoms with Crippen molar-refractivity contribution in [1.82, 2.24) is 10.4 Å². The Bertz CT molecular complexity index is 678. The van der Waals surface area contributed by atoms with Crippen molar-refractivity contribution in [2.45, 2.75) is 6.92 Å². The van der Waals surface area contributed by atoms with Crippen molar-refractivity contribution < 1.29 is 9.72 Å². The van der Waals surface area contributed by atoms with Crippen molar-refractivity contribution in [3.63, 3.8) is 0 Å². The largest absolute Gasteiger partial charge is 0.274 e. The van der Waals surface area contributed by atoms with Gasteiger partial charge in [0.15, 0.2) is 0 Å². The third-order valence-corrected chi connectivity index (χ3v) is 2.98. The smallest absolute Gasteiger partial charge is 0.272 e. The number of carbonyl (C=O) groups is 1. The first-order chi connectivity index (χ1) is 9.97. The molecule has 0 saturated heterocycles. The van der Waals surface area contributed by atoms with Gasteiger partial charge in [0, 0.05) is 35.9 Å². The summed E-state index contributed by atoms with van der Waals surface area (Å²) >= 11 is 3.23. The monoisotopic (exact) mass is 350 g/mol. The van der Waals surface area contributed by atoms with E-state index in [0.717, 1.165) is 0 Å². The number of amides is 1. The molecule has 0 bridgehead atoms. The zero-order valence-electron chi connectivity index (χ0n) is 11.0. The van der Waals surface area contributed by atoms with E-state index < -0.39 is 4.92 Å². The molecule has 0 saturated carbocycles. The molecule has 0 atom stereocenters. The molecule has 7 nitrogen and oxygen atoms in total. The molecule has 1 N–H and O–H groups in total. The van der Waals surface area contributed by atoms with E-state index >= 15 is 0 Å². The number of carbonyl (C=O) groups excluding carboxylic acids is 1. The van der Waals surface area contributed by atoms with Gasteiger partial charge in [-0.3, -0.25) is 30.3 Å². The van der Waals surface area contributed by atoms with Crippen LogP contribution in [0.3, 0.4) is 0 Å². The van der Waals surface area contributed by atoms with Gasteiger partial charge in [0.2, 0.25) is 5.91 Å². The highest BCUT2D eigenvalue weighted by atomic mass is 79.9. The standard InChI is InChI=1S/C13H11BrN4O3/c1-9(19)16-17(11-2-4-15-5-3-11)12-6-10(14)7-13(8-12)18(20)21/h2-8H,1H3,(H,16,19). The van der Waals surface area contributed by atoms with Crippen molar-refractivity contribution in [3.8, 4) is 0 Å². The van der Waals surface area contributed by atoms with Crippen LogP contribution in [-0.4, -0.2) is 15.8 Å². The summed E-state index contributed by atoms with van der Waals surface area (Å²) in [4.78, 5) is 25.8. The lowest BCUT2D eigenvalue weighted by Crippen LogP contribution is -2.37. The van der Waals surface area contributed by atoms with Crippen LogP contribution in [0.4, 0.5) is 17.1 Å². The number of aromatic nitrogens is 1. The van der Waals surface area contributed by atoms with Crippen molar-refractivity contribution in [2.75, 3.05) is 5.01 Å². The average molecular weight is 351 g/mol. The second kappa shape index (κ2) is 6.31. The van der Waals surface area contributed by atoms with E-state index in [2.05, 4.69) is 26.3 Å². The highest BCUT2D eigenvalue weighted by Crippen LogP contribution is 2.30. The third-order valence-electron chi connectivity index (χ3n) is 2.53. The number of nitrogens with zero attached hydrogens (tertiary/aromatic N) is 3. The number of anilines is 2. The summed E-state index contributed by atoms with van der Waals surface area (Å²) in [5.74, 6) is -0.297. The zero-order chi connectivity index (χ0) is 15.4. The summed E-state index contributed by atoms with van der Waals surface area (Å²) in [7, 11) is 0. The molecule has 21 heavy (non-hydrogen) atoms. The molecule has 0 aliphatic heterocycles. The van der Waals surface area contributed by atoms with Crippen LogP contribution in [-0.2, 0) is 4.79 Å². The number of pyridine rings is 1. The van der Waals surface area contributed by atoms with Crippen molar-refractivity contribution in [3.05, 3.63) is 57.3 Å². The number of hydrogen-bond donors (Lipinski definition) is 1. The SMILES string of the molecule is CC(=O)NN(c1ccncc1)c1cc(Br)cc([N+](=O)[O-])c1. The van der Waals surface area contributed by atoms with Gasteiger partial charge in [0.1, 0.15) is 0 Å². The van der Waals surface area contributed by atoms with Gasteiger partial charge in [0.25, 0.3) is 5.69 Å². The molecule has 0 aliphatic carbocycles. The fraction of sp³-hybridized carbons (Fsp3) is 0.0769. The third kappa shape index (κ3) is 3.76. The molecule has 0 unspecified atom stereocenters. The van der Waals surface area contributed by atoms with E-state index in [1.807, 2.05) is 0 Å². The Labute approximate surface area is 128 Å². The predicted molar refractivity (Wildman–Crippen MR) is 81.0 cm³/mol. The lowest BCUT2D eigenvalue weighted by molar-refractivity contribution is -0.384. The minimum Gasteiger partial charge on any atom is -0.274 e. The van der Waals surface area contributed by atoms with Gasteiger partial charge in [-0.2, -0.15) is 0 Å². The molecule has 108 valence electrons. The number of hydrogen-bond acceptors (Lipinski definition) is 5. The van der Waals surface area contributed by atoms with Crippen LogP contribution in [0.2, 0.25) is 0 Å². The Hall–Kier alpha value is -2.48. The van der Waals surface area contributed by atoms with Gasteiger partial charge < -0.3 is 0 Å². The predicted octanol–water partition coefficient (Wildman–Crippen LogP) is 2.94. The molecule has 8 heteroatoms. The number of halogens is 1. The normalized spacial score (nSPS) is 10.0. The maximum Gasteiger partial charge on any atom is 0.272 e. The van der Waals surface area contributed by atoms with Crippen LogP contribution in [0, 0.1) is 10.1 Å². The summed E-state index contributed by atoms with van der Waals surface area (Å²) in [6.45, 7) is 1.36. The molecule has 1 amide bonds. The number of non-ortho nitro benzene ring substituents is 1. The molecule has 0 aliphatic rings. The number of benzene rings is 1. The van der Waals surface area contributed by atoms with E-state index in [1.54, 1.807) is 30.6 Å². The van der Waals surface area contributed by atoms with Gasteiger partial charge in [-0.1, -0.05) is 15.9 Å². The average Bonchev–Trinajstić information content (AvgIpc) is 2.44. The number of nitro groups is 1. The molecule has 0 fully saturated rings. The Morgan fingerprint density at radius 1 is 1.29 bits per heavy atom. The highest BCUT2D eigenvalue weighted by Gasteiger charge is 2.16.